The van der Waals surface area contributed by atoms with Crippen molar-refractivity contribution in [1.82, 2.24) is 9.47 Å². The number of hydrogen-bond acceptors (Lipinski definition) is 2. The first kappa shape index (κ1) is 19.3. The second-order valence-corrected chi connectivity index (χ2v) is 7.78. The van der Waals surface area contributed by atoms with Gasteiger partial charge in [-0.05, 0) is 67.0 Å². The molecule has 0 atom stereocenters. The van der Waals surface area contributed by atoms with Crippen LogP contribution < -0.4 is 4.74 Å². The van der Waals surface area contributed by atoms with E-state index in [1.807, 2.05) is 0 Å². The minimum absolute atomic E-state index is 0.853. The molecule has 0 unspecified atom stereocenters. The molecular formula is C26H28N2O. The maximum atomic E-state index is 5.48. The molecule has 4 aromatic rings. The molecule has 4 rings (SSSR count). The van der Waals surface area contributed by atoms with Gasteiger partial charge in [0.1, 0.15) is 5.75 Å². The van der Waals surface area contributed by atoms with Gasteiger partial charge < -0.3 is 14.2 Å². The molecule has 0 N–H and O–H groups in total. The first-order valence-electron chi connectivity index (χ1n) is 10.1. The third-order valence-electron chi connectivity index (χ3n) is 5.39. The zero-order valence-electron chi connectivity index (χ0n) is 17.4. The van der Waals surface area contributed by atoms with E-state index in [0.29, 0.717) is 0 Å². The van der Waals surface area contributed by atoms with Crippen LogP contribution in [0.25, 0.3) is 22.0 Å². The molecule has 0 bridgehead atoms. The molecule has 3 nitrogen and oxygen atoms in total. The van der Waals surface area contributed by atoms with Crippen molar-refractivity contribution >= 4 is 10.9 Å². The average molecular weight is 385 g/mol. The van der Waals surface area contributed by atoms with Crippen LogP contribution in [-0.4, -0.2) is 37.2 Å². The summed E-state index contributed by atoms with van der Waals surface area (Å²) in [7, 11) is 5.97. The minimum atomic E-state index is 0.853. The van der Waals surface area contributed by atoms with E-state index in [2.05, 4.69) is 103 Å². The monoisotopic (exact) mass is 384 g/mol. The molecule has 0 radical (unpaired) electrons. The second-order valence-electron chi connectivity index (χ2n) is 7.78. The fourth-order valence-corrected chi connectivity index (χ4v) is 3.83. The maximum Gasteiger partial charge on any atom is 0.119 e. The molecule has 29 heavy (non-hydrogen) atoms. The SMILES string of the molecule is COc1ccc2c(c1)c(CCN(C)C)cn2Cc1cccc(-c2ccccc2)c1. The first-order chi connectivity index (χ1) is 14.1. The number of benzene rings is 3. The Balaban J connectivity index is 1.69. The average Bonchev–Trinajstić information content (AvgIpc) is 3.09. The van der Waals surface area contributed by atoms with Gasteiger partial charge in [0.2, 0.25) is 0 Å². The highest BCUT2D eigenvalue weighted by Gasteiger charge is 2.11. The van der Waals surface area contributed by atoms with Crippen LogP contribution in [0.3, 0.4) is 0 Å². The van der Waals surface area contributed by atoms with E-state index in [-0.39, 0.29) is 0 Å². The fourth-order valence-electron chi connectivity index (χ4n) is 3.83. The normalized spacial score (nSPS) is 11.3. The quantitative estimate of drug-likeness (QED) is 0.420. The molecule has 1 aromatic heterocycles. The molecule has 3 aromatic carbocycles. The molecular weight excluding hydrogens is 356 g/mol. The van der Waals surface area contributed by atoms with Gasteiger partial charge in [-0.15, -0.1) is 0 Å². The second kappa shape index (κ2) is 8.54. The number of methoxy groups -OCH3 is 1. The molecule has 0 aliphatic heterocycles. The van der Waals surface area contributed by atoms with Crippen molar-refractivity contribution < 1.29 is 4.74 Å². The Morgan fingerprint density at radius 3 is 2.41 bits per heavy atom. The predicted molar refractivity (Wildman–Crippen MR) is 122 cm³/mol. The van der Waals surface area contributed by atoms with Gasteiger partial charge in [-0.1, -0.05) is 48.5 Å². The fraction of sp³-hybridized carbons (Fsp3) is 0.231. The van der Waals surface area contributed by atoms with E-state index in [0.717, 1.165) is 25.3 Å². The zero-order chi connectivity index (χ0) is 20.2. The van der Waals surface area contributed by atoms with Crippen molar-refractivity contribution in [3.63, 3.8) is 0 Å². The molecule has 0 amide bonds. The molecule has 0 fully saturated rings. The van der Waals surface area contributed by atoms with Crippen molar-refractivity contribution in [2.24, 2.45) is 0 Å². The van der Waals surface area contributed by atoms with Gasteiger partial charge in [0.15, 0.2) is 0 Å². The number of likely N-dealkylation sites (N-methyl/N-ethyl adjacent to an activating group) is 1. The zero-order valence-corrected chi connectivity index (χ0v) is 17.4. The molecule has 0 aliphatic carbocycles. The summed E-state index contributed by atoms with van der Waals surface area (Å²) in [6, 6.07) is 25.8. The largest absolute Gasteiger partial charge is 0.497 e. The Kier molecular flexibility index (Phi) is 5.68. The highest BCUT2D eigenvalue weighted by molar-refractivity contribution is 5.85. The number of nitrogens with zero attached hydrogens (tertiary/aromatic N) is 2. The van der Waals surface area contributed by atoms with Gasteiger partial charge in [-0.2, -0.15) is 0 Å². The van der Waals surface area contributed by atoms with Gasteiger partial charge in [-0.3, -0.25) is 0 Å². The lowest BCUT2D eigenvalue weighted by atomic mass is 10.0. The maximum absolute atomic E-state index is 5.48. The lowest BCUT2D eigenvalue weighted by Crippen LogP contribution is -2.14. The summed E-state index contributed by atoms with van der Waals surface area (Å²) in [5, 5.41) is 1.28. The molecule has 3 heteroatoms. The van der Waals surface area contributed by atoms with Gasteiger partial charge in [0.25, 0.3) is 0 Å². The smallest absolute Gasteiger partial charge is 0.119 e. The first-order valence-corrected chi connectivity index (χ1v) is 10.1. The third-order valence-corrected chi connectivity index (χ3v) is 5.39. The van der Waals surface area contributed by atoms with Crippen LogP contribution in [0.2, 0.25) is 0 Å². The van der Waals surface area contributed by atoms with Crippen LogP contribution in [-0.2, 0) is 13.0 Å². The standard InChI is InChI=1S/C26H28N2O/c1-27(2)15-14-23-19-28(26-13-12-24(29-3)17-25(23)26)18-20-8-7-11-22(16-20)21-9-5-4-6-10-21/h4-13,16-17,19H,14-15,18H2,1-3H3. The van der Waals surface area contributed by atoms with Crippen LogP contribution in [0.5, 0.6) is 5.75 Å². The van der Waals surface area contributed by atoms with Gasteiger partial charge in [-0.25, -0.2) is 0 Å². The summed E-state index contributed by atoms with van der Waals surface area (Å²) in [4.78, 5) is 2.23. The lowest BCUT2D eigenvalue weighted by molar-refractivity contribution is 0.413. The Labute approximate surface area is 173 Å². The number of ether oxygens (including phenoxy) is 1. The predicted octanol–water partition coefficient (Wildman–Crippen LogP) is 5.47. The Morgan fingerprint density at radius 1 is 0.862 bits per heavy atom. The van der Waals surface area contributed by atoms with Crippen molar-refractivity contribution in [3.05, 3.63) is 90.1 Å². The summed E-state index contributed by atoms with van der Waals surface area (Å²) in [6.07, 6.45) is 3.33. The lowest BCUT2D eigenvalue weighted by Gasteiger charge is -2.09. The Bertz CT molecular complexity index is 1100. The van der Waals surface area contributed by atoms with E-state index in [4.69, 9.17) is 4.74 Å². The number of hydrogen-bond donors (Lipinski definition) is 0. The highest BCUT2D eigenvalue weighted by atomic mass is 16.5. The summed E-state index contributed by atoms with van der Waals surface area (Å²) in [6.45, 7) is 1.88. The summed E-state index contributed by atoms with van der Waals surface area (Å²) >= 11 is 0. The molecule has 0 spiro atoms. The topological polar surface area (TPSA) is 17.4 Å². The van der Waals surface area contributed by atoms with E-state index in [9.17, 15) is 0 Å². The third kappa shape index (κ3) is 4.36. The van der Waals surface area contributed by atoms with Crippen LogP contribution in [0.15, 0.2) is 79.0 Å². The molecule has 0 aliphatic rings. The van der Waals surface area contributed by atoms with E-state index in [1.165, 1.54) is 33.2 Å². The molecule has 1 heterocycles. The van der Waals surface area contributed by atoms with Crippen LogP contribution >= 0.6 is 0 Å². The van der Waals surface area contributed by atoms with Crippen molar-refractivity contribution in [2.45, 2.75) is 13.0 Å². The van der Waals surface area contributed by atoms with Gasteiger partial charge in [0, 0.05) is 30.2 Å². The van der Waals surface area contributed by atoms with Crippen molar-refractivity contribution in [1.29, 1.82) is 0 Å². The van der Waals surface area contributed by atoms with Crippen LogP contribution in [0.4, 0.5) is 0 Å². The van der Waals surface area contributed by atoms with E-state index >= 15 is 0 Å². The molecule has 0 saturated carbocycles. The number of fused-ring (bicyclic) bond motifs is 1. The highest BCUT2D eigenvalue weighted by Crippen LogP contribution is 2.28. The van der Waals surface area contributed by atoms with Crippen molar-refractivity contribution in [2.75, 3.05) is 27.7 Å². The summed E-state index contributed by atoms with van der Waals surface area (Å²) < 4.78 is 7.84. The molecule has 0 saturated heterocycles. The summed E-state index contributed by atoms with van der Waals surface area (Å²) in [5.41, 5.74) is 6.44. The summed E-state index contributed by atoms with van der Waals surface area (Å²) in [5.74, 6) is 0.910. The van der Waals surface area contributed by atoms with Crippen LogP contribution in [0, 0.1) is 0 Å². The van der Waals surface area contributed by atoms with Gasteiger partial charge in [0.05, 0.1) is 7.11 Å². The Hall–Kier alpha value is -3.04. The van der Waals surface area contributed by atoms with E-state index in [1.54, 1.807) is 7.11 Å². The number of rotatable bonds is 7. The van der Waals surface area contributed by atoms with Crippen molar-refractivity contribution in [3.8, 4) is 16.9 Å². The molecule has 148 valence electrons. The minimum Gasteiger partial charge on any atom is -0.497 e. The van der Waals surface area contributed by atoms with Gasteiger partial charge >= 0.3 is 0 Å². The number of aromatic nitrogens is 1. The van der Waals surface area contributed by atoms with E-state index < -0.39 is 0 Å². The Morgan fingerprint density at radius 2 is 1.66 bits per heavy atom. The van der Waals surface area contributed by atoms with Crippen LogP contribution in [0.1, 0.15) is 11.1 Å².